The predicted molar refractivity (Wildman–Crippen MR) is 82.9 cm³/mol. The second-order valence-corrected chi connectivity index (χ2v) is 6.74. The number of thiazole rings is 1. The molecule has 112 valence electrons. The van der Waals surface area contributed by atoms with Crippen LogP contribution in [0.5, 0.6) is 0 Å². The van der Waals surface area contributed by atoms with Crippen molar-refractivity contribution in [2.75, 3.05) is 13.6 Å². The smallest absolute Gasteiger partial charge is 0.239 e. The molecule has 0 saturated carbocycles. The van der Waals surface area contributed by atoms with Gasteiger partial charge in [-0.2, -0.15) is 0 Å². The SMILES string of the molecule is CN=C(NCC(=O)NC(C)(C)C)NCc1cnc(C)s1. The van der Waals surface area contributed by atoms with E-state index in [2.05, 4.69) is 25.9 Å². The highest BCUT2D eigenvalue weighted by atomic mass is 32.1. The van der Waals surface area contributed by atoms with E-state index in [1.165, 1.54) is 0 Å². The lowest BCUT2D eigenvalue weighted by Gasteiger charge is -2.21. The zero-order chi connectivity index (χ0) is 15.2. The molecule has 0 aliphatic rings. The van der Waals surface area contributed by atoms with E-state index in [1.807, 2.05) is 33.9 Å². The zero-order valence-electron chi connectivity index (χ0n) is 12.7. The Morgan fingerprint density at radius 3 is 2.60 bits per heavy atom. The maximum Gasteiger partial charge on any atom is 0.239 e. The van der Waals surface area contributed by atoms with Gasteiger partial charge in [0.05, 0.1) is 18.1 Å². The van der Waals surface area contributed by atoms with Gasteiger partial charge in [0.1, 0.15) is 0 Å². The van der Waals surface area contributed by atoms with Gasteiger partial charge in [-0.1, -0.05) is 0 Å². The summed E-state index contributed by atoms with van der Waals surface area (Å²) in [6.45, 7) is 8.65. The van der Waals surface area contributed by atoms with Crippen molar-refractivity contribution >= 4 is 23.2 Å². The Morgan fingerprint density at radius 2 is 2.10 bits per heavy atom. The van der Waals surface area contributed by atoms with Crippen LogP contribution in [0.15, 0.2) is 11.2 Å². The van der Waals surface area contributed by atoms with Crippen LogP contribution >= 0.6 is 11.3 Å². The van der Waals surface area contributed by atoms with Crippen molar-refractivity contribution in [3.05, 3.63) is 16.1 Å². The highest BCUT2D eigenvalue weighted by molar-refractivity contribution is 7.11. The van der Waals surface area contributed by atoms with E-state index < -0.39 is 0 Å². The Balaban J connectivity index is 2.35. The molecule has 0 aliphatic carbocycles. The molecule has 0 unspecified atom stereocenters. The number of aliphatic imine (C=N–C) groups is 1. The van der Waals surface area contributed by atoms with Gasteiger partial charge in [-0.3, -0.25) is 9.79 Å². The molecule has 3 N–H and O–H groups in total. The van der Waals surface area contributed by atoms with E-state index in [9.17, 15) is 4.79 Å². The van der Waals surface area contributed by atoms with Crippen molar-refractivity contribution in [1.29, 1.82) is 0 Å². The zero-order valence-corrected chi connectivity index (χ0v) is 13.5. The molecule has 1 aromatic rings. The van der Waals surface area contributed by atoms with Gasteiger partial charge in [-0.15, -0.1) is 11.3 Å². The van der Waals surface area contributed by atoms with Crippen molar-refractivity contribution < 1.29 is 4.79 Å². The maximum atomic E-state index is 11.7. The summed E-state index contributed by atoms with van der Waals surface area (Å²) in [5.41, 5.74) is -0.226. The molecule has 0 bridgehead atoms. The molecule has 0 aliphatic heterocycles. The number of aryl methyl sites for hydroxylation is 1. The van der Waals surface area contributed by atoms with Gasteiger partial charge in [-0.05, 0) is 27.7 Å². The van der Waals surface area contributed by atoms with Crippen molar-refractivity contribution in [1.82, 2.24) is 20.9 Å². The third-order valence-electron chi connectivity index (χ3n) is 2.25. The number of carbonyl (C=O) groups excluding carboxylic acids is 1. The second-order valence-electron chi connectivity index (χ2n) is 5.42. The Labute approximate surface area is 124 Å². The van der Waals surface area contributed by atoms with Crippen LogP contribution in [-0.2, 0) is 11.3 Å². The molecule has 0 saturated heterocycles. The lowest BCUT2D eigenvalue weighted by molar-refractivity contribution is -0.121. The third-order valence-corrected chi connectivity index (χ3v) is 3.17. The summed E-state index contributed by atoms with van der Waals surface area (Å²) >= 11 is 1.64. The molecule has 20 heavy (non-hydrogen) atoms. The van der Waals surface area contributed by atoms with Crippen LogP contribution in [0.1, 0.15) is 30.7 Å². The van der Waals surface area contributed by atoms with Crippen LogP contribution in [0.25, 0.3) is 0 Å². The first kappa shape index (κ1) is 16.4. The fourth-order valence-electron chi connectivity index (χ4n) is 1.50. The summed E-state index contributed by atoms with van der Waals surface area (Å²) < 4.78 is 0. The molecule has 0 spiro atoms. The normalized spacial score (nSPS) is 12.2. The van der Waals surface area contributed by atoms with Crippen LogP contribution < -0.4 is 16.0 Å². The lowest BCUT2D eigenvalue weighted by atomic mass is 10.1. The van der Waals surface area contributed by atoms with E-state index in [1.54, 1.807) is 18.4 Å². The maximum absolute atomic E-state index is 11.7. The molecule has 7 heteroatoms. The van der Waals surface area contributed by atoms with Crippen molar-refractivity contribution in [3.63, 3.8) is 0 Å². The molecule has 1 amide bonds. The molecule has 1 heterocycles. The molecular weight excluding hydrogens is 274 g/mol. The summed E-state index contributed by atoms with van der Waals surface area (Å²) in [5, 5.41) is 10.0. The first-order chi connectivity index (χ1) is 9.30. The average molecular weight is 297 g/mol. The van der Waals surface area contributed by atoms with E-state index in [0.29, 0.717) is 12.5 Å². The summed E-state index contributed by atoms with van der Waals surface area (Å²) in [6, 6.07) is 0. The Morgan fingerprint density at radius 1 is 1.40 bits per heavy atom. The van der Waals surface area contributed by atoms with Crippen LogP contribution in [0.4, 0.5) is 0 Å². The summed E-state index contributed by atoms with van der Waals surface area (Å²) in [7, 11) is 1.68. The number of nitrogens with zero attached hydrogens (tertiary/aromatic N) is 2. The number of nitrogens with one attached hydrogen (secondary N) is 3. The summed E-state index contributed by atoms with van der Waals surface area (Å²) in [5.74, 6) is 0.536. The first-order valence-corrected chi connectivity index (χ1v) is 7.28. The Bertz CT molecular complexity index is 475. The molecular formula is C13H23N5OS. The van der Waals surface area contributed by atoms with Crippen molar-refractivity contribution in [2.45, 2.75) is 39.8 Å². The van der Waals surface area contributed by atoms with Crippen LogP contribution in [0, 0.1) is 6.92 Å². The van der Waals surface area contributed by atoms with E-state index >= 15 is 0 Å². The molecule has 0 aromatic carbocycles. The topological polar surface area (TPSA) is 78.4 Å². The van der Waals surface area contributed by atoms with Gasteiger partial charge < -0.3 is 16.0 Å². The van der Waals surface area contributed by atoms with Crippen LogP contribution in [-0.4, -0.2) is 36.0 Å². The summed E-state index contributed by atoms with van der Waals surface area (Å²) in [4.78, 5) is 21.1. The predicted octanol–water partition coefficient (Wildman–Crippen LogP) is 1.03. The minimum Gasteiger partial charge on any atom is -0.351 e. The van der Waals surface area contributed by atoms with Gasteiger partial charge in [0.2, 0.25) is 5.91 Å². The minimum absolute atomic E-state index is 0.0610. The molecule has 1 rings (SSSR count). The highest BCUT2D eigenvalue weighted by Gasteiger charge is 2.13. The number of hydrogen-bond donors (Lipinski definition) is 3. The number of aromatic nitrogens is 1. The quantitative estimate of drug-likeness (QED) is 0.573. The fourth-order valence-corrected chi connectivity index (χ4v) is 2.24. The molecule has 0 radical (unpaired) electrons. The highest BCUT2D eigenvalue weighted by Crippen LogP contribution is 2.10. The van der Waals surface area contributed by atoms with Gasteiger partial charge in [-0.25, -0.2) is 4.98 Å². The van der Waals surface area contributed by atoms with E-state index in [4.69, 9.17) is 0 Å². The van der Waals surface area contributed by atoms with Crippen molar-refractivity contribution in [2.24, 2.45) is 4.99 Å². The second kappa shape index (κ2) is 7.23. The largest absolute Gasteiger partial charge is 0.351 e. The summed E-state index contributed by atoms with van der Waals surface area (Å²) in [6.07, 6.45) is 1.84. The number of amides is 1. The number of hydrogen-bond acceptors (Lipinski definition) is 4. The Hall–Kier alpha value is -1.63. The van der Waals surface area contributed by atoms with Gasteiger partial charge >= 0.3 is 0 Å². The van der Waals surface area contributed by atoms with Crippen molar-refractivity contribution in [3.8, 4) is 0 Å². The van der Waals surface area contributed by atoms with Gasteiger partial charge in [0.15, 0.2) is 5.96 Å². The third kappa shape index (κ3) is 6.51. The first-order valence-electron chi connectivity index (χ1n) is 6.47. The average Bonchev–Trinajstić information content (AvgIpc) is 2.73. The number of rotatable bonds is 4. The number of carbonyl (C=O) groups is 1. The standard InChI is InChI=1S/C13H23N5OS/c1-9-15-6-10(20-9)7-16-12(14-5)17-8-11(19)18-13(2,3)4/h6H,7-8H2,1-5H3,(H,18,19)(H2,14,16,17). The fraction of sp³-hybridized carbons (Fsp3) is 0.615. The molecule has 0 atom stereocenters. The monoisotopic (exact) mass is 297 g/mol. The van der Waals surface area contributed by atoms with Gasteiger partial charge in [0.25, 0.3) is 0 Å². The molecule has 1 aromatic heterocycles. The van der Waals surface area contributed by atoms with Gasteiger partial charge in [0, 0.05) is 23.7 Å². The molecule has 6 nitrogen and oxygen atoms in total. The van der Waals surface area contributed by atoms with E-state index in [0.717, 1.165) is 9.88 Å². The van der Waals surface area contributed by atoms with E-state index in [-0.39, 0.29) is 18.0 Å². The van der Waals surface area contributed by atoms with Crippen LogP contribution in [0.2, 0.25) is 0 Å². The lowest BCUT2D eigenvalue weighted by Crippen LogP contribution is -2.48. The van der Waals surface area contributed by atoms with Crippen LogP contribution in [0.3, 0.4) is 0 Å². The minimum atomic E-state index is -0.226. The molecule has 0 fully saturated rings. The Kier molecular flexibility index (Phi) is 5.94. The number of guanidine groups is 1.